The van der Waals surface area contributed by atoms with E-state index in [1.165, 1.54) is 10.8 Å². The molecule has 2 heterocycles. The summed E-state index contributed by atoms with van der Waals surface area (Å²) in [6.07, 6.45) is 1.89. The minimum atomic E-state index is 0.687. The molecule has 5 rings (SSSR count). The Morgan fingerprint density at radius 2 is 1.52 bits per heavy atom. The van der Waals surface area contributed by atoms with Crippen LogP contribution in [-0.4, -0.2) is 9.97 Å². The average molecular weight is 345 g/mol. The monoisotopic (exact) mass is 344 g/mol. The number of fused-ring (bicyclic) bond motifs is 5. The molecule has 0 bridgehead atoms. The quantitative estimate of drug-likeness (QED) is 0.328. The van der Waals surface area contributed by atoms with Crippen molar-refractivity contribution >= 4 is 55.7 Å². The van der Waals surface area contributed by atoms with Crippen molar-refractivity contribution in [2.45, 2.75) is 0 Å². The number of halogens is 1. The van der Waals surface area contributed by atoms with Gasteiger partial charge in [-0.1, -0.05) is 29.8 Å². The summed E-state index contributed by atoms with van der Waals surface area (Å²) in [5.74, 6) is 0. The van der Waals surface area contributed by atoms with Gasteiger partial charge in [-0.3, -0.25) is 0 Å². The standard InChI is InChI=1S/C20H13ClN4/c21-12-5-7-13(8-6-12)24-25-18-11-22-16-9-10-17-19(20(16)18)14-3-1-2-4-15(14)23-17/h1-11,22-23H. The normalized spacial score (nSPS) is 12.0. The van der Waals surface area contributed by atoms with Gasteiger partial charge >= 0.3 is 0 Å². The summed E-state index contributed by atoms with van der Waals surface area (Å²) in [7, 11) is 0. The molecule has 0 aliphatic carbocycles. The van der Waals surface area contributed by atoms with E-state index in [1.807, 2.05) is 36.5 Å². The predicted molar refractivity (Wildman–Crippen MR) is 103 cm³/mol. The number of aromatic nitrogens is 2. The maximum Gasteiger partial charge on any atom is 0.112 e. The second-order valence-corrected chi connectivity index (χ2v) is 6.37. The Hall–Kier alpha value is -3.11. The molecule has 0 radical (unpaired) electrons. The lowest BCUT2D eigenvalue weighted by molar-refractivity contribution is 1.24. The Labute approximate surface area is 148 Å². The molecule has 2 N–H and O–H groups in total. The molecule has 0 atom stereocenters. The number of azo groups is 1. The van der Waals surface area contributed by atoms with E-state index in [1.54, 1.807) is 0 Å². The molecule has 3 aromatic carbocycles. The number of hydrogen-bond donors (Lipinski definition) is 2. The van der Waals surface area contributed by atoms with E-state index in [2.05, 4.69) is 50.5 Å². The van der Waals surface area contributed by atoms with Gasteiger partial charge in [-0.25, -0.2) is 0 Å². The molecule has 0 unspecified atom stereocenters. The van der Waals surface area contributed by atoms with Crippen LogP contribution in [0.2, 0.25) is 5.02 Å². The summed E-state index contributed by atoms with van der Waals surface area (Å²) in [5.41, 5.74) is 4.84. The second kappa shape index (κ2) is 5.46. The minimum absolute atomic E-state index is 0.687. The molecule has 0 aliphatic heterocycles. The lowest BCUT2D eigenvalue weighted by atomic mass is 10.1. The van der Waals surface area contributed by atoms with Crippen LogP contribution in [0, 0.1) is 0 Å². The van der Waals surface area contributed by atoms with Gasteiger partial charge in [-0.2, -0.15) is 5.11 Å². The Bertz CT molecular complexity index is 1250. The Kier molecular flexibility index (Phi) is 3.11. The topological polar surface area (TPSA) is 56.3 Å². The van der Waals surface area contributed by atoms with Crippen molar-refractivity contribution in [1.82, 2.24) is 9.97 Å². The number of benzene rings is 3. The summed E-state index contributed by atoms with van der Waals surface area (Å²) in [4.78, 5) is 6.76. The van der Waals surface area contributed by atoms with E-state index in [0.29, 0.717) is 5.02 Å². The van der Waals surface area contributed by atoms with Crippen LogP contribution in [0.25, 0.3) is 32.7 Å². The zero-order chi connectivity index (χ0) is 16.8. The first-order valence-corrected chi connectivity index (χ1v) is 8.35. The maximum atomic E-state index is 5.92. The predicted octanol–water partition coefficient (Wildman–Crippen LogP) is 6.87. The van der Waals surface area contributed by atoms with E-state index in [-0.39, 0.29) is 0 Å². The van der Waals surface area contributed by atoms with Crippen molar-refractivity contribution < 1.29 is 0 Å². The fourth-order valence-corrected chi connectivity index (χ4v) is 3.37. The highest BCUT2D eigenvalue weighted by Gasteiger charge is 2.12. The number of H-pyrrole nitrogens is 2. The zero-order valence-corrected chi connectivity index (χ0v) is 13.9. The zero-order valence-electron chi connectivity index (χ0n) is 13.1. The third-order valence-electron chi connectivity index (χ3n) is 4.39. The highest BCUT2D eigenvalue weighted by molar-refractivity contribution is 6.30. The number of para-hydroxylation sites is 1. The first-order chi connectivity index (χ1) is 12.3. The molecule has 0 aliphatic rings. The van der Waals surface area contributed by atoms with Gasteiger partial charge in [-0.05, 0) is 42.5 Å². The van der Waals surface area contributed by atoms with Gasteiger partial charge in [0.1, 0.15) is 5.69 Å². The van der Waals surface area contributed by atoms with Crippen LogP contribution in [0.15, 0.2) is 77.1 Å². The lowest BCUT2D eigenvalue weighted by Gasteiger charge is -1.97. The van der Waals surface area contributed by atoms with Gasteiger partial charge in [0, 0.05) is 43.9 Å². The van der Waals surface area contributed by atoms with E-state index in [4.69, 9.17) is 11.6 Å². The largest absolute Gasteiger partial charge is 0.359 e. The van der Waals surface area contributed by atoms with Crippen molar-refractivity contribution in [2.24, 2.45) is 10.2 Å². The molecular weight excluding hydrogens is 332 g/mol. The van der Waals surface area contributed by atoms with E-state index in [0.717, 1.165) is 33.3 Å². The Balaban J connectivity index is 1.74. The second-order valence-electron chi connectivity index (χ2n) is 5.93. The first-order valence-electron chi connectivity index (χ1n) is 7.97. The molecule has 0 fully saturated rings. The average Bonchev–Trinajstić information content (AvgIpc) is 3.21. The molecule has 120 valence electrons. The SMILES string of the molecule is Clc1ccc(N=Nc2c[nH]c3ccc4[nH]c5ccccc5c4c23)cc1. The third-order valence-corrected chi connectivity index (χ3v) is 4.64. The van der Waals surface area contributed by atoms with Gasteiger partial charge in [-0.15, -0.1) is 5.11 Å². The fourth-order valence-electron chi connectivity index (χ4n) is 3.24. The van der Waals surface area contributed by atoms with Crippen LogP contribution in [-0.2, 0) is 0 Å². The molecule has 4 nitrogen and oxygen atoms in total. The summed E-state index contributed by atoms with van der Waals surface area (Å²) < 4.78 is 0. The van der Waals surface area contributed by atoms with Crippen molar-refractivity contribution in [3.63, 3.8) is 0 Å². The number of nitrogens with one attached hydrogen (secondary N) is 2. The smallest absolute Gasteiger partial charge is 0.112 e. The van der Waals surface area contributed by atoms with Crippen LogP contribution in [0.1, 0.15) is 0 Å². The van der Waals surface area contributed by atoms with Gasteiger partial charge in [0.25, 0.3) is 0 Å². The highest BCUT2D eigenvalue weighted by Crippen LogP contribution is 2.37. The number of nitrogens with zero attached hydrogens (tertiary/aromatic N) is 2. The molecule has 5 aromatic rings. The van der Waals surface area contributed by atoms with Crippen molar-refractivity contribution in [2.75, 3.05) is 0 Å². The van der Waals surface area contributed by atoms with Gasteiger partial charge in [0.05, 0.1) is 5.69 Å². The molecule has 0 amide bonds. The lowest BCUT2D eigenvalue weighted by Crippen LogP contribution is -1.71. The Morgan fingerprint density at radius 1 is 0.720 bits per heavy atom. The van der Waals surface area contributed by atoms with E-state index < -0.39 is 0 Å². The molecule has 0 spiro atoms. The van der Waals surface area contributed by atoms with Crippen LogP contribution < -0.4 is 0 Å². The van der Waals surface area contributed by atoms with Gasteiger partial charge in [0.2, 0.25) is 0 Å². The number of rotatable bonds is 2. The third kappa shape index (κ3) is 2.30. The van der Waals surface area contributed by atoms with Crippen molar-refractivity contribution in [3.8, 4) is 0 Å². The van der Waals surface area contributed by atoms with Crippen LogP contribution >= 0.6 is 11.6 Å². The molecule has 5 heteroatoms. The Morgan fingerprint density at radius 3 is 2.40 bits per heavy atom. The van der Waals surface area contributed by atoms with Gasteiger partial charge < -0.3 is 9.97 Å². The van der Waals surface area contributed by atoms with Crippen molar-refractivity contribution in [3.05, 3.63) is 71.9 Å². The highest BCUT2D eigenvalue weighted by atomic mass is 35.5. The van der Waals surface area contributed by atoms with E-state index in [9.17, 15) is 0 Å². The summed E-state index contributed by atoms with van der Waals surface area (Å²) in [5, 5.41) is 12.9. The van der Waals surface area contributed by atoms with Crippen LogP contribution in [0.4, 0.5) is 11.4 Å². The van der Waals surface area contributed by atoms with Crippen LogP contribution in [0.3, 0.4) is 0 Å². The minimum Gasteiger partial charge on any atom is -0.359 e. The number of aromatic amines is 2. The molecule has 0 saturated carbocycles. The molecular formula is C20H13ClN4. The summed E-state index contributed by atoms with van der Waals surface area (Å²) in [6.45, 7) is 0. The van der Waals surface area contributed by atoms with E-state index >= 15 is 0 Å². The molecule has 0 saturated heterocycles. The first kappa shape index (κ1) is 14.3. The maximum absolute atomic E-state index is 5.92. The van der Waals surface area contributed by atoms with Gasteiger partial charge in [0.15, 0.2) is 0 Å². The number of hydrogen-bond acceptors (Lipinski definition) is 2. The summed E-state index contributed by atoms with van der Waals surface area (Å²) in [6, 6.07) is 19.8. The fraction of sp³-hybridized carbons (Fsp3) is 0. The molecule has 2 aromatic heterocycles. The summed E-state index contributed by atoms with van der Waals surface area (Å²) >= 11 is 5.92. The molecule has 25 heavy (non-hydrogen) atoms. The van der Waals surface area contributed by atoms with Crippen LogP contribution in [0.5, 0.6) is 0 Å². The van der Waals surface area contributed by atoms with Crippen molar-refractivity contribution in [1.29, 1.82) is 0 Å².